The smallest absolute Gasteiger partial charge is 0.497 e. The number of anilines is 1. The van der Waals surface area contributed by atoms with Crippen LogP contribution in [0.25, 0.3) is 0 Å². The number of aromatic nitrogens is 1. The molecular formula is C42H43F2N3O10. The number of halogens is 2. The molecule has 3 heterocycles. The molecular weight excluding hydrogens is 744 g/mol. The number of fused-ring (bicyclic) bond motifs is 1. The fourth-order valence-electron chi connectivity index (χ4n) is 6.47. The summed E-state index contributed by atoms with van der Waals surface area (Å²) in [4.78, 5) is 61.7. The second-order valence-electron chi connectivity index (χ2n) is 14.7. The summed E-state index contributed by atoms with van der Waals surface area (Å²) in [6.45, 7) is 6.91. The summed E-state index contributed by atoms with van der Waals surface area (Å²) in [6, 6.07) is 20.3. The van der Waals surface area contributed by atoms with E-state index in [4.69, 9.17) is 18.9 Å². The van der Waals surface area contributed by atoms with Gasteiger partial charge in [-0.05, 0) is 104 Å². The van der Waals surface area contributed by atoms with Crippen molar-refractivity contribution in [1.29, 1.82) is 0 Å². The summed E-state index contributed by atoms with van der Waals surface area (Å²) in [5.74, 6) is -2.40. The van der Waals surface area contributed by atoms with E-state index in [1.54, 1.807) is 83.3 Å². The Kier molecular flexibility index (Phi) is 11.7. The fourth-order valence-corrected chi connectivity index (χ4v) is 6.47. The highest BCUT2D eigenvalue weighted by molar-refractivity contribution is 6.08. The molecule has 0 radical (unpaired) electrons. The number of pyridine rings is 1. The molecule has 2 aliphatic heterocycles. The highest BCUT2D eigenvalue weighted by atomic mass is 19.3. The maximum absolute atomic E-state index is 13.8. The van der Waals surface area contributed by atoms with Crippen LogP contribution in [0.2, 0.25) is 0 Å². The predicted molar refractivity (Wildman–Crippen MR) is 201 cm³/mol. The number of hydrogen-bond donors (Lipinski definition) is 0. The number of alkyl halides is 2. The van der Waals surface area contributed by atoms with E-state index in [9.17, 15) is 28.0 Å². The predicted octanol–water partition coefficient (Wildman–Crippen LogP) is 7.20. The summed E-state index contributed by atoms with van der Waals surface area (Å²) in [5.41, 5.74) is 1.66. The van der Waals surface area contributed by atoms with Crippen molar-refractivity contribution >= 4 is 29.7 Å². The van der Waals surface area contributed by atoms with Crippen molar-refractivity contribution in [2.45, 2.75) is 77.5 Å². The molecule has 3 aromatic carbocycles. The molecule has 15 heteroatoms. The summed E-state index contributed by atoms with van der Waals surface area (Å²) in [5, 5.41) is 0. The maximum atomic E-state index is 13.8. The SMILES string of the molecule is COc1ccc(COC(=O)[C@@H]2[C@@H](Cc3ccnc(N(Cc4ccc(OC)cc4)C(=O)OC(C)(C)C)c3)C(=O)N2C(=O)C[C@H](C)c2ccc3c(c2)OC(F)(F)O3)cc1. The quantitative estimate of drug-likeness (QED) is 0.100. The zero-order valence-electron chi connectivity index (χ0n) is 32.3. The van der Waals surface area contributed by atoms with Crippen LogP contribution in [0, 0.1) is 5.92 Å². The van der Waals surface area contributed by atoms with E-state index < -0.39 is 53.7 Å². The minimum atomic E-state index is -3.81. The Morgan fingerprint density at radius 3 is 2.14 bits per heavy atom. The van der Waals surface area contributed by atoms with Crippen LogP contribution < -0.4 is 23.8 Å². The van der Waals surface area contributed by atoms with Gasteiger partial charge in [-0.2, -0.15) is 0 Å². The number of carbonyl (C=O) groups is 4. The molecule has 0 N–H and O–H groups in total. The lowest BCUT2D eigenvalue weighted by molar-refractivity contribution is -0.286. The largest absolute Gasteiger partial charge is 0.586 e. The summed E-state index contributed by atoms with van der Waals surface area (Å²) >= 11 is 0. The summed E-state index contributed by atoms with van der Waals surface area (Å²) < 4.78 is 58.2. The van der Waals surface area contributed by atoms with Gasteiger partial charge < -0.3 is 28.4 Å². The van der Waals surface area contributed by atoms with Crippen LogP contribution in [-0.4, -0.2) is 65.9 Å². The molecule has 0 bridgehead atoms. The number of benzene rings is 3. The standard InChI is InChI=1S/C42H43F2N3O10/c1-25(29-11-16-33-34(22-29)56-42(43,44)55-33)19-36(48)47-37(39(50)54-24-27-9-14-31(53-6)15-10-27)32(38(47)49)20-28-17-18-45-35(21-28)46(40(51)57-41(2,3)4)23-26-7-12-30(52-5)13-8-26/h7-18,21-22,25,32,37H,19-20,23-24H2,1-6H3/t25-,32+,37-/m0/s1. The molecule has 0 unspecified atom stereocenters. The molecule has 1 aromatic heterocycles. The lowest BCUT2D eigenvalue weighted by Crippen LogP contribution is -2.67. The van der Waals surface area contributed by atoms with Crippen LogP contribution in [0.3, 0.4) is 0 Å². The average Bonchev–Trinajstić information content (AvgIpc) is 3.49. The molecule has 57 heavy (non-hydrogen) atoms. The molecule has 0 aliphatic carbocycles. The number of methoxy groups -OCH3 is 2. The number of β-lactam (4-membered cyclic amide) rings is 1. The van der Waals surface area contributed by atoms with Crippen LogP contribution in [0.5, 0.6) is 23.0 Å². The van der Waals surface area contributed by atoms with E-state index >= 15 is 0 Å². The first kappa shape index (κ1) is 40.4. The van der Waals surface area contributed by atoms with Gasteiger partial charge in [0.1, 0.15) is 35.6 Å². The third-order valence-corrected chi connectivity index (χ3v) is 9.40. The summed E-state index contributed by atoms with van der Waals surface area (Å²) in [6.07, 6.45) is -3.19. The number of nitrogens with zero attached hydrogens (tertiary/aromatic N) is 3. The Morgan fingerprint density at radius 1 is 0.877 bits per heavy atom. The Bertz CT molecular complexity index is 2120. The fraction of sp³-hybridized carbons (Fsp3) is 0.357. The maximum Gasteiger partial charge on any atom is 0.586 e. The molecule has 0 saturated carbocycles. The van der Waals surface area contributed by atoms with Crippen LogP contribution in [0.4, 0.5) is 19.4 Å². The van der Waals surface area contributed by atoms with Gasteiger partial charge >= 0.3 is 18.4 Å². The van der Waals surface area contributed by atoms with Gasteiger partial charge in [0.2, 0.25) is 11.8 Å². The number of amides is 3. The Balaban J connectivity index is 1.23. The highest BCUT2D eigenvalue weighted by Gasteiger charge is 2.55. The molecule has 0 spiro atoms. The van der Waals surface area contributed by atoms with E-state index in [0.717, 1.165) is 10.5 Å². The lowest BCUT2D eigenvalue weighted by Gasteiger charge is -2.44. The van der Waals surface area contributed by atoms with E-state index in [0.29, 0.717) is 28.2 Å². The van der Waals surface area contributed by atoms with Gasteiger partial charge in [-0.25, -0.2) is 14.6 Å². The first-order valence-electron chi connectivity index (χ1n) is 18.2. The molecule has 2 aliphatic rings. The zero-order valence-corrected chi connectivity index (χ0v) is 32.3. The van der Waals surface area contributed by atoms with Crippen molar-refractivity contribution < 1.29 is 56.4 Å². The molecule has 13 nitrogen and oxygen atoms in total. The van der Waals surface area contributed by atoms with Crippen molar-refractivity contribution in [3.05, 3.63) is 107 Å². The van der Waals surface area contributed by atoms with Gasteiger partial charge in [-0.1, -0.05) is 37.3 Å². The number of likely N-dealkylation sites (tertiary alicyclic amines) is 1. The van der Waals surface area contributed by atoms with Crippen LogP contribution in [0.15, 0.2) is 85.1 Å². The second kappa shape index (κ2) is 16.5. The number of hydrogen-bond acceptors (Lipinski definition) is 11. The minimum absolute atomic E-state index is 0.0110. The molecule has 1 fully saturated rings. The van der Waals surface area contributed by atoms with Crippen molar-refractivity contribution in [1.82, 2.24) is 9.88 Å². The van der Waals surface area contributed by atoms with Crippen molar-refractivity contribution in [3.63, 3.8) is 0 Å². The number of imide groups is 1. The van der Waals surface area contributed by atoms with E-state index in [1.165, 1.54) is 36.4 Å². The van der Waals surface area contributed by atoms with E-state index in [-0.39, 0.29) is 43.3 Å². The van der Waals surface area contributed by atoms with Gasteiger partial charge in [0, 0.05) is 12.6 Å². The van der Waals surface area contributed by atoms with Crippen molar-refractivity contribution in [3.8, 4) is 23.0 Å². The number of ether oxygens (including phenoxy) is 6. The Labute approximate surface area is 328 Å². The van der Waals surface area contributed by atoms with E-state index in [2.05, 4.69) is 14.5 Å². The van der Waals surface area contributed by atoms with E-state index in [1.807, 2.05) is 12.1 Å². The van der Waals surface area contributed by atoms with Gasteiger partial charge in [-0.3, -0.25) is 19.4 Å². The van der Waals surface area contributed by atoms with Gasteiger partial charge in [0.15, 0.2) is 11.5 Å². The zero-order chi connectivity index (χ0) is 41.1. The van der Waals surface area contributed by atoms with Crippen LogP contribution in [-0.2, 0) is 43.4 Å². The third kappa shape index (κ3) is 9.59. The molecule has 3 amide bonds. The third-order valence-electron chi connectivity index (χ3n) is 9.40. The first-order valence-corrected chi connectivity index (χ1v) is 18.2. The molecule has 1 saturated heterocycles. The van der Waals surface area contributed by atoms with Crippen LogP contribution >= 0.6 is 0 Å². The first-order chi connectivity index (χ1) is 27.0. The number of rotatable bonds is 13. The minimum Gasteiger partial charge on any atom is -0.497 e. The average molecular weight is 788 g/mol. The Hall–Kier alpha value is -6.25. The second-order valence-corrected chi connectivity index (χ2v) is 14.7. The highest BCUT2D eigenvalue weighted by Crippen LogP contribution is 2.43. The van der Waals surface area contributed by atoms with Gasteiger partial charge in [0.25, 0.3) is 0 Å². The van der Waals surface area contributed by atoms with Gasteiger partial charge in [-0.15, -0.1) is 8.78 Å². The summed E-state index contributed by atoms with van der Waals surface area (Å²) in [7, 11) is 3.09. The normalized spacial score (nSPS) is 17.3. The van der Waals surface area contributed by atoms with Crippen molar-refractivity contribution in [2.75, 3.05) is 19.1 Å². The number of esters is 1. The molecule has 6 rings (SSSR count). The topological polar surface area (TPSA) is 143 Å². The van der Waals surface area contributed by atoms with Gasteiger partial charge in [0.05, 0.1) is 26.7 Å². The molecule has 4 aromatic rings. The lowest BCUT2D eigenvalue weighted by atomic mass is 9.81. The molecule has 3 atom stereocenters. The van der Waals surface area contributed by atoms with Crippen LogP contribution in [0.1, 0.15) is 62.3 Å². The van der Waals surface area contributed by atoms with Crippen molar-refractivity contribution in [2.24, 2.45) is 5.92 Å². The monoisotopic (exact) mass is 787 g/mol. The molecule has 300 valence electrons. The number of carbonyl (C=O) groups excluding carboxylic acids is 4. The Morgan fingerprint density at radius 2 is 1.51 bits per heavy atom.